The zero-order valence-corrected chi connectivity index (χ0v) is 17.6. The van der Waals surface area contributed by atoms with Crippen molar-refractivity contribution in [2.24, 2.45) is 0 Å². The van der Waals surface area contributed by atoms with Crippen LogP contribution in [-0.2, 0) is 6.54 Å². The molecule has 5 aromatic rings. The minimum atomic E-state index is -0.155. The number of aromatic nitrogens is 3. The molecule has 0 aliphatic heterocycles. The predicted octanol–water partition coefficient (Wildman–Crippen LogP) is 4.89. The van der Waals surface area contributed by atoms with Crippen LogP contribution in [0, 0.1) is 11.3 Å². The Bertz CT molecular complexity index is 1480. The number of nitrogens with zero attached hydrogens (tertiary/aromatic N) is 4. The van der Waals surface area contributed by atoms with Gasteiger partial charge in [-0.25, -0.2) is 4.98 Å². The first-order valence-electron chi connectivity index (χ1n) is 10.5. The summed E-state index contributed by atoms with van der Waals surface area (Å²) in [5, 5.41) is 11.9. The first kappa shape index (κ1) is 20.2. The summed E-state index contributed by atoms with van der Waals surface area (Å²) >= 11 is 0. The van der Waals surface area contributed by atoms with Crippen LogP contribution in [0.4, 0.5) is 0 Å². The summed E-state index contributed by atoms with van der Waals surface area (Å²) in [6.45, 7) is 0.418. The first-order valence-corrected chi connectivity index (χ1v) is 10.5. The van der Waals surface area contributed by atoms with Crippen molar-refractivity contribution < 1.29 is 4.79 Å². The number of nitriles is 1. The molecule has 0 saturated heterocycles. The molecular formula is C27H19N5O. The van der Waals surface area contributed by atoms with Gasteiger partial charge in [0.1, 0.15) is 6.33 Å². The van der Waals surface area contributed by atoms with Crippen LogP contribution < -0.4 is 5.32 Å². The average Bonchev–Trinajstić information content (AvgIpc) is 3.31. The molecule has 158 valence electrons. The predicted molar refractivity (Wildman–Crippen MR) is 127 cm³/mol. The van der Waals surface area contributed by atoms with Gasteiger partial charge in [0.25, 0.3) is 5.91 Å². The normalized spacial score (nSPS) is 10.6. The Morgan fingerprint density at radius 3 is 2.64 bits per heavy atom. The van der Waals surface area contributed by atoms with E-state index in [-0.39, 0.29) is 5.91 Å². The second-order valence-electron chi connectivity index (χ2n) is 7.60. The molecular weight excluding hydrogens is 410 g/mol. The van der Waals surface area contributed by atoms with Crippen LogP contribution in [0.15, 0.2) is 97.6 Å². The second kappa shape index (κ2) is 8.77. The Labute approximate surface area is 190 Å². The fraction of sp³-hybridized carbons (Fsp3) is 0.0370. The van der Waals surface area contributed by atoms with Crippen molar-refractivity contribution in [1.82, 2.24) is 19.9 Å². The Morgan fingerprint density at radius 2 is 1.85 bits per heavy atom. The lowest BCUT2D eigenvalue weighted by Crippen LogP contribution is -2.22. The van der Waals surface area contributed by atoms with Gasteiger partial charge < -0.3 is 5.32 Å². The van der Waals surface area contributed by atoms with Crippen molar-refractivity contribution in [2.45, 2.75) is 6.54 Å². The molecule has 6 nitrogen and oxygen atoms in total. The van der Waals surface area contributed by atoms with Crippen LogP contribution in [0.2, 0.25) is 0 Å². The van der Waals surface area contributed by atoms with Crippen molar-refractivity contribution in [2.75, 3.05) is 0 Å². The zero-order chi connectivity index (χ0) is 22.6. The largest absolute Gasteiger partial charge is 0.348 e. The lowest BCUT2D eigenvalue weighted by Gasteiger charge is -2.09. The van der Waals surface area contributed by atoms with E-state index in [4.69, 9.17) is 5.26 Å². The molecule has 5 rings (SSSR count). The number of carbonyl (C=O) groups is 1. The van der Waals surface area contributed by atoms with Crippen molar-refractivity contribution in [3.05, 3.63) is 114 Å². The number of carbonyl (C=O) groups excluding carboxylic acids is 1. The molecule has 0 bridgehead atoms. The summed E-state index contributed by atoms with van der Waals surface area (Å²) in [6.07, 6.45) is 5.20. The highest BCUT2D eigenvalue weighted by Gasteiger charge is 2.11. The summed E-state index contributed by atoms with van der Waals surface area (Å²) in [4.78, 5) is 21.2. The van der Waals surface area contributed by atoms with Gasteiger partial charge in [-0.1, -0.05) is 30.3 Å². The molecule has 2 aromatic heterocycles. The van der Waals surface area contributed by atoms with Gasteiger partial charge >= 0.3 is 0 Å². The van der Waals surface area contributed by atoms with Crippen molar-refractivity contribution in [1.29, 1.82) is 5.26 Å². The Kier molecular flexibility index (Phi) is 5.36. The van der Waals surface area contributed by atoms with Gasteiger partial charge in [0.05, 0.1) is 22.7 Å². The van der Waals surface area contributed by atoms with E-state index in [1.54, 1.807) is 24.8 Å². The number of fused-ring (bicyclic) bond motifs is 1. The molecule has 2 heterocycles. The van der Waals surface area contributed by atoms with Crippen LogP contribution in [0.25, 0.3) is 27.8 Å². The lowest BCUT2D eigenvalue weighted by atomic mass is 10.0. The van der Waals surface area contributed by atoms with E-state index in [9.17, 15) is 4.79 Å². The maximum atomic E-state index is 12.6. The van der Waals surface area contributed by atoms with Gasteiger partial charge in [0, 0.05) is 30.2 Å². The summed E-state index contributed by atoms with van der Waals surface area (Å²) in [7, 11) is 0. The van der Waals surface area contributed by atoms with Crippen molar-refractivity contribution in [3.8, 4) is 22.9 Å². The highest BCUT2D eigenvalue weighted by atomic mass is 16.1. The Hall–Kier alpha value is -4.76. The highest BCUT2D eigenvalue weighted by Crippen LogP contribution is 2.25. The molecule has 1 N–H and O–H groups in total. The second-order valence-corrected chi connectivity index (χ2v) is 7.60. The number of nitrogens with one attached hydrogen (secondary N) is 1. The summed E-state index contributed by atoms with van der Waals surface area (Å²) in [5.74, 6) is -0.155. The summed E-state index contributed by atoms with van der Waals surface area (Å²) in [5.41, 5.74) is 6.84. The van der Waals surface area contributed by atoms with Crippen LogP contribution in [-0.4, -0.2) is 20.4 Å². The minimum Gasteiger partial charge on any atom is -0.348 e. The van der Waals surface area contributed by atoms with E-state index >= 15 is 0 Å². The average molecular weight is 429 g/mol. The fourth-order valence-corrected chi connectivity index (χ4v) is 3.72. The Morgan fingerprint density at radius 1 is 0.970 bits per heavy atom. The molecule has 0 unspecified atom stereocenters. The molecule has 6 heteroatoms. The van der Waals surface area contributed by atoms with E-state index in [1.165, 1.54) is 0 Å². The Balaban J connectivity index is 1.40. The SMILES string of the molecule is N#Cc1ccc(-c2cccc(-n3cnc4cc(C(=O)NCc5cccnc5)ccc43)c2)cc1. The van der Waals surface area contributed by atoms with E-state index in [2.05, 4.69) is 27.4 Å². The monoisotopic (exact) mass is 429 g/mol. The number of amides is 1. The minimum absolute atomic E-state index is 0.155. The van der Waals surface area contributed by atoms with Gasteiger partial charge in [-0.2, -0.15) is 5.26 Å². The molecule has 0 atom stereocenters. The van der Waals surface area contributed by atoms with E-state index in [1.807, 2.05) is 71.3 Å². The number of imidazole rings is 1. The summed E-state index contributed by atoms with van der Waals surface area (Å²) < 4.78 is 2.00. The standard InChI is InChI=1S/C27H19N5O/c28-15-19-6-8-21(9-7-19)22-4-1-5-24(13-22)32-18-31-25-14-23(10-11-26(25)32)27(33)30-17-20-3-2-12-29-16-20/h1-14,16,18H,17H2,(H,30,33). The number of hydrogen-bond donors (Lipinski definition) is 1. The smallest absolute Gasteiger partial charge is 0.251 e. The van der Waals surface area contributed by atoms with Crippen molar-refractivity contribution in [3.63, 3.8) is 0 Å². The first-order chi connectivity index (χ1) is 16.2. The number of benzene rings is 3. The third-order valence-corrected chi connectivity index (χ3v) is 5.46. The molecule has 0 aliphatic rings. The third kappa shape index (κ3) is 4.21. The molecule has 0 saturated carbocycles. The molecule has 33 heavy (non-hydrogen) atoms. The van der Waals surface area contributed by atoms with Gasteiger partial charge in [-0.15, -0.1) is 0 Å². The topological polar surface area (TPSA) is 83.6 Å². The van der Waals surface area contributed by atoms with E-state index in [0.29, 0.717) is 17.7 Å². The quantitative estimate of drug-likeness (QED) is 0.431. The lowest BCUT2D eigenvalue weighted by molar-refractivity contribution is 0.0951. The van der Waals surface area contributed by atoms with Gasteiger partial charge in [0.2, 0.25) is 0 Å². The zero-order valence-electron chi connectivity index (χ0n) is 17.6. The highest BCUT2D eigenvalue weighted by molar-refractivity contribution is 5.97. The van der Waals surface area contributed by atoms with Gasteiger partial charge in [-0.3, -0.25) is 14.3 Å². The van der Waals surface area contributed by atoms with Crippen LogP contribution in [0.5, 0.6) is 0 Å². The molecule has 0 fully saturated rings. The van der Waals surface area contributed by atoms with Gasteiger partial charge in [-0.05, 0) is 65.2 Å². The maximum absolute atomic E-state index is 12.6. The van der Waals surface area contributed by atoms with Crippen LogP contribution >= 0.6 is 0 Å². The molecule has 0 radical (unpaired) electrons. The van der Waals surface area contributed by atoms with Crippen LogP contribution in [0.3, 0.4) is 0 Å². The van der Waals surface area contributed by atoms with E-state index in [0.717, 1.165) is 33.4 Å². The number of rotatable bonds is 5. The summed E-state index contributed by atoms with van der Waals surface area (Å²) in [6, 6.07) is 27.1. The number of pyridine rings is 1. The fourth-order valence-electron chi connectivity index (χ4n) is 3.72. The molecule has 0 spiro atoms. The van der Waals surface area contributed by atoms with Crippen LogP contribution in [0.1, 0.15) is 21.5 Å². The number of hydrogen-bond acceptors (Lipinski definition) is 4. The van der Waals surface area contributed by atoms with Gasteiger partial charge in [0.15, 0.2) is 0 Å². The maximum Gasteiger partial charge on any atom is 0.251 e. The molecule has 0 aliphatic carbocycles. The molecule has 3 aromatic carbocycles. The van der Waals surface area contributed by atoms with Crippen molar-refractivity contribution >= 4 is 16.9 Å². The molecule has 1 amide bonds. The third-order valence-electron chi connectivity index (χ3n) is 5.46. The van der Waals surface area contributed by atoms with E-state index < -0.39 is 0 Å².